The molecule has 0 radical (unpaired) electrons. The van der Waals surface area contributed by atoms with Crippen molar-refractivity contribution in [2.75, 3.05) is 6.54 Å². The van der Waals surface area contributed by atoms with Crippen LogP contribution in [0.25, 0.3) is 5.69 Å². The van der Waals surface area contributed by atoms with Gasteiger partial charge in [0.15, 0.2) is 0 Å². The highest BCUT2D eigenvalue weighted by Crippen LogP contribution is 2.30. The van der Waals surface area contributed by atoms with E-state index in [-0.39, 0.29) is 23.2 Å². The smallest absolute Gasteiger partial charge is 0.294 e. The topological polar surface area (TPSA) is 102 Å². The van der Waals surface area contributed by atoms with Crippen LogP contribution in [0.3, 0.4) is 0 Å². The maximum Gasteiger partial charge on any atom is 0.294 e. The largest absolute Gasteiger partial charge is 0.388 e. The molecule has 1 aromatic heterocycles. The van der Waals surface area contributed by atoms with Crippen molar-refractivity contribution in [1.82, 2.24) is 14.5 Å². The summed E-state index contributed by atoms with van der Waals surface area (Å²) in [5.41, 5.74) is -0.594. The first kappa shape index (κ1) is 17.1. The molecule has 0 saturated carbocycles. The molecule has 0 aliphatic carbocycles. The van der Waals surface area contributed by atoms with Crippen LogP contribution in [-0.2, 0) is 0 Å². The molecule has 0 bridgehead atoms. The van der Waals surface area contributed by atoms with E-state index >= 15 is 0 Å². The molecule has 1 fully saturated rings. The first-order valence-corrected chi connectivity index (χ1v) is 8.09. The molecule has 1 unspecified atom stereocenters. The van der Waals surface area contributed by atoms with E-state index in [0.29, 0.717) is 18.7 Å². The minimum absolute atomic E-state index is 0.164. The van der Waals surface area contributed by atoms with E-state index in [9.17, 15) is 20.0 Å². The van der Waals surface area contributed by atoms with E-state index < -0.39 is 10.5 Å². The number of amides is 1. The van der Waals surface area contributed by atoms with E-state index in [4.69, 9.17) is 0 Å². The zero-order valence-corrected chi connectivity index (χ0v) is 14.1. The van der Waals surface area contributed by atoms with Gasteiger partial charge in [-0.25, -0.2) is 4.98 Å². The molecule has 1 aliphatic rings. The number of imidazole rings is 1. The molecule has 1 atom stereocenters. The van der Waals surface area contributed by atoms with E-state index in [1.807, 2.05) is 0 Å². The molecule has 3 rings (SSSR count). The van der Waals surface area contributed by atoms with Gasteiger partial charge < -0.3 is 14.6 Å². The van der Waals surface area contributed by atoms with Crippen molar-refractivity contribution >= 4 is 11.6 Å². The van der Waals surface area contributed by atoms with Crippen molar-refractivity contribution in [3.63, 3.8) is 0 Å². The number of nitro groups is 1. The summed E-state index contributed by atoms with van der Waals surface area (Å²) in [6.07, 6.45) is 6.12. The summed E-state index contributed by atoms with van der Waals surface area (Å²) in [5.74, 6) is -0.301. The summed E-state index contributed by atoms with van der Waals surface area (Å²) in [7, 11) is 0. The van der Waals surface area contributed by atoms with Gasteiger partial charge in [0.25, 0.3) is 11.6 Å². The molecule has 2 heterocycles. The summed E-state index contributed by atoms with van der Waals surface area (Å²) in [4.78, 5) is 29.3. The second-order valence-corrected chi connectivity index (χ2v) is 6.74. The van der Waals surface area contributed by atoms with Crippen molar-refractivity contribution in [2.24, 2.45) is 0 Å². The van der Waals surface area contributed by atoms with Gasteiger partial charge in [0.1, 0.15) is 5.69 Å². The number of aliphatic hydroxyl groups is 1. The summed E-state index contributed by atoms with van der Waals surface area (Å²) in [6, 6.07) is 4.11. The number of carbonyl (C=O) groups is 1. The minimum Gasteiger partial charge on any atom is -0.388 e. The van der Waals surface area contributed by atoms with Crippen LogP contribution < -0.4 is 0 Å². The molecule has 1 N–H and O–H groups in total. The third kappa shape index (κ3) is 3.25. The first-order valence-electron chi connectivity index (χ1n) is 8.09. The Morgan fingerprint density at radius 1 is 1.44 bits per heavy atom. The van der Waals surface area contributed by atoms with Crippen LogP contribution in [0.4, 0.5) is 5.69 Å². The number of benzene rings is 1. The van der Waals surface area contributed by atoms with E-state index in [2.05, 4.69) is 4.98 Å². The van der Waals surface area contributed by atoms with Gasteiger partial charge in [-0.1, -0.05) is 0 Å². The zero-order valence-electron chi connectivity index (χ0n) is 14.1. The van der Waals surface area contributed by atoms with Gasteiger partial charge in [-0.2, -0.15) is 0 Å². The molecule has 8 heteroatoms. The predicted molar refractivity (Wildman–Crippen MR) is 90.6 cm³/mol. The third-order valence-corrected chi connectivity index (χ3v) is 4.53. The lowest BCUT2D eigenvalue weighted by Crippen LogP contribution is -2.48. The Morgan fingerprint density at radius 2 is 2.20 bits per heavy atom. The lowest BCUT2D eigenvalue weighted by molar-refractivity contribution is -0.384. The fraction of sp³-hybridized carbons (Fsp3) is 0.412. The second-order valence-electron chi connectivity index (χ2n) is 6.74. The predicted octanol–water partition coefficient (Wildman–Crippen LogP) is 2.16. The number of hydrogen-bond donors (Lipinski definition) is 1. The molecule has 2 aromatic rings. The van der Waals surface area contributed by atoms with Crippen LogP contribution in [0.15, 0.2) is 36.9 Å². The third-order valence-electron chi connectivity index (χ3n) is 4.53. The summed E-state index contributed by atoms with van der Waals surface area (Å²) >= 11 is 0. The van der Waals surface area contributed by atoms with Gasteiger partial charge in [0.05, 0.1) is 22.9 Å². The number of hydrogen-bond acceptors (Lipinski definition) is 5. The van der Waals surface area contributed by atoms with Crippen molar-refractivity contribution in [1.29, 1.82) is 0 Å². The second kappa shape index (κ2) is 6.29. The minimum atomic E-state index is -1.02. The van der Waals surface area contributed by atoms with E-state index in [1.165, 1.54) is 23.2 Å². The van der Waals surface area contributed by atoms with Crippen LogP contribution in [0.1, 0.15) is 37.0 Å². The Morgan fingerprint density at radius 3 is 2.80 bits per heavy atom. The van der Waals surface area contributed by atoms with Crippen molar-refractivity contribution in [2.45, 2.75) is 38.3 Å². The van der Waals surface area contributed by atoms with Crippen LogP contribution in [0, 0.1) is 10.1 Å². The van der Waals surface area contributed by atoms with Crippen molar-refractivity contribution in [3.8, 4) is 5.69 Å². The Bertz CT molecular complexity index is 795. The molecule has 0 spiro atoms. The average molecular weight is 344 g/mol. The Kier molecular flexibility index (Phi) is 4.30. The number of aromatic nitrogens is 2. The quantitative estimate of drug-likeness (QED) is 0.676. The Hall–Kier alpha value is -2.74. The highest BCUT2D eigenvalue weighted by atomic mass is 16.6. The number of nitro benzene ring substituents is 1. The molecule has 25 heavy (non-hydrogen) atoms. The molecule has 1 aromatic carbocycles. The van der Waals surface area contributed by atoms with Crippen LogP contribution in [0.2, 0.25) is 0 Å². The van der Waals surface area contributed by atoms with Gasteiger partial charge in [-0.15, -0.1) is 0 Å². The van der Waals surface area contributed by atoms with E-state index in [1.54, 1.807) is 37.1 Å². The van der Waals surface area contributed by atoms with Crippen LogP contribution >= 0.6 is 0 Å². The summed E-state index contributed by atoms with van der Waals surface area (Å²) < 4.78 is 1.53. The number of rotatable bonds is 4. The monoisotopic (exact) mass is 344 g/mol. The molecule has 132 valence electrons. The average Bonchev–Trinajstić information content (AvgIpc) is 3.24. The SMILES string of the molecule is CC(C)(O)C1CCCN1C(=O)c1ccc(-n2ccnc2)c([N+](=O)[O-])c1. The normalized spacial score (nSPS) is 17.7. The molecule has 1 saturated heterocycles. The molecule has 1 aliphatic heterocycles. The summed E-state index contributed by atoms with van der Waals surface area (Å²) in [5, 5.41) is 21.7. The lowest BCUT2D eigenvalue weighted by atomic mass is 9.96. The maximum absolute atomic E-state index is 12.8. The lowest BCUT2D eigenvalue weighted by Gasteiger charge is -2.33. The Labute approximate surface area is 144 Å². The maximum atomic E-state index is 12.8. The molecule has 1 amide bonds. The fourth-order valence-corrected chi connectivity index (χ4v) is 3.33. The van der Waals surface area contributed by atoms with E-state index in [0.717, 1.165) is 6.42 Å². The zero-order chi connectivity index (χ0) is 18.2. The number of nitrogens with zero attached hydrogens (tertiary/aromatic N) is 4. The van der Waals surface area contributed by atoms with Gasteiger partial charge in [-0.05, 0) is 38.8 Å². The van der Waals surface area contributed by atoms with Gasteiger partial charge in [0, 0.05) is 30.6 Å². The molecule has 8 nitrogen and oxygen atoms in total. The number of likely N-dealkylation sites (tertiary alicyclic amines) is 1. The van der Waals surface area contributed by atoms with Crippen molar-refractivity contribution in [3.05, 3.63) is 52.6 Å². The van der Waals surface area contributed by atoms with Crippen molar-refractivity contribution < 1.29 is 14.8 Å². The molecular weight excluding hydrogens is 324 g/mol. The number of carbonyl (C=O) groups excluding carboxylic acids is 1. The standard InChI is InChI=1S/C17H20N4O4/c1-17(2,23)15-4-3-8-20(15)16(22)12-5-6-13(14(10-12)21(24)25)19-9-7-18-11-19/h5-7,9-11,15,23H,3-4,8H2,1-2H3. The fourth-order valence-electron chi connectivity index (χ4n) is 3.33. The summed E-state index contributed by atoms with van der Waals surface area (Å²) in [6.45, 7) is 3.88. The Balaban J connectivity index is 1.96. The molecular formula is C17H20N4O4. The van der Waals surface area contributed by atoms with Crippen LogP contribution in [-0.4, -0.2) is 48.6 Å². The van der Waals surface area contributed by atoms with Gasteiger partial charge in [-0.3, -0.25) is 14.9 Å². The van der Waals surface area contributed by atoms with Crippen LogP contribution in [0.5, 0.6) is 0 Å². The van der Waals surface area contributed by atoms with Gasteiger partial charge >= 0.3 is 0 Å². The highest BCUT2D eigenvalue weighted by Gasteiger charge is 2.39. The first-order chi connectivity index (χ1) is 11.8. The van der Waals surface area contributed by atoms with Gasteiger partial charge in [0.2, 0.25) is 0 Å². The highest BCUT2D eigenvalue weighted by molar-refractivity contribution is 5.95.